The summed E-state index contributed by atoms with van der Waals surface area (Å²) in [6.45, 7) is 1.21. The van der Waals surface area contributed by atoms with Gasteiger partial charge < -0.3 is 24.8 Å². The van der Waals surface area contributed by atoms with Crippen molar-refractivity contribution in [2.75, 3.05) is 26.2 Å². The van der Waals surface area contributed by atoms with Crippen molar-refractivity contribution in [2.24, 2.45) is 0 Å². The fourth-order valence-corrected chi connectivity index (χ4v) is 3.94. The van der Waals surface area contributed by atoms with Gasteiger partial charge in [0.25, 0.3) is 0 Å². The second kappa shape index (κ2) is 12.2. The van der Waals surface area contributed by atoms with Crippen LogP contribution in [0.2, 0.25) is 0 Å². The number of ether oxygens (including phenoxy) is 4. The zero-order valence-electron chi connectivity index (χ0n) is 18.2. The number of hydrogen-bond donors (Lipinski definition) is 1. The van der Waals surface area contributed by atoms with Crippen molar-refractivity contribution in [1.29, 1.82) is 0 Å². The lowest BCUT2D eigenvalue weighted by Crippen LogP contribution is -2.31. The standard InChI is InChI=1S/C23H29BrN2O6/c1-29-12-7-10-18(27)21-23(32-14-16-8-3-2-4-9-16)22(28)20(24)17(26(21)25)15-31-19-11-5-6-13-30-19/h2-4,8-9,19H,5-7,10-15,25H2,1H3. The summed E-state index contributed by atoms with van der Waals surface area (Å²) in [7, 11) is 1.57. The Bertz CT molecular complexity index is 957. The number of carbonyl (C=O) groups excluding carboxylic acids is 1. The molecule has 1 aromatic carbocycles. The van der Waals surface area contributed by atoms with Crippen LogP contribution in [-0.4, -0.2) is 37.1 Å². The summed E-state index contributed by atoms with van der Waals surface area (Å²) < 4.78 is 23.7. The van der Waals surface area contributed by atoms with Gasteiger partial charge in [0.2, 0.25) is 5.43 Å². The molecule has 0 radical (unpaired) electrons. The van der Waals surface area contributed by atoms with E-state index in [1.165, 1.54) is 4.68 Å². The molecule has 2 aromatic rings. The van der Waals surface area contributed by atoms with Gasteiger partial charge in [0.05, 0.1) is 16.8 Å². The number of hydrogen-bond acceptors (Lipinski definition) is 7. The maximum absolute atomic E-state index is 13.2. The molecule has 8 nitrogen and oxygen atoms in total. The minimum atomic E-state index is -0.444. The van der Waals surface area contributed by atoms with Crippen molar-refractivity contribution in [2.45, 2.75) is 51.6 Å². The summed E-state index contributed by atoms with van der Waals surface area (Å²) >= 11 is 3.33. The highest BCUT2D eigenvalue weighted by molar-refractivity contribution is 9.10. The van der Waals surface area contributed by atoms with Gasteiger partial charge in [-0.25, -0.2) is 0 Å². The van der Waals surface area contributed by atoms with E-state index in [1.807, 2.05) is 30.3 Å². The topological polar surface area (TPSA) is 102 Å². The number of carbonyl (C=O) groups is 1. The van der Waals surface area contributed by atoms with Gasteiger partial charge in [0.1, 0.15) is 6.61 Å². The van der Waals surface area contributed by atoms with Crippen LogP contribution in [-0.2, 0) is 27.4 Å². The molecule has 9 heteroatoms. The van der Waals surface area contributed by atoms with Crippen molar-refractivity contribution in [3.8, 4) is 5.75 Å². The molecule has 1 aliphatic rings. The highest BCUT2D eigenvalue weighted by Crippen LogP contribution is 2.25. The molecule has 0 amide bonds. The molecular formula is C23H29BrN2O6. The van der Waals surface area contributed by atoms with E-state index in [0.29, 0.717) is 25.3 Å². The molecule has 1 fully saturated rings. The summed E-state index contributed by atoms with van der Waals surface area (Å²) in [5, 5.41) is 0. The third kappa shape index (κ3) is 6.19. The van der Waals surface area contributed by atoms with Crippen LogP contribution in [0.4, 0.5) is 0 Å². The van der Waals surface area contributed by atoms with Gasteiger partial charge in [-0.15, -0.1) is 0 Å². The second-order valence-corrected chi connectivity index (χ2v) is 8.33. The molecule has 1 unspecified atom stereocenters. The summed E-state index contributed by atoms with van der Waals surface area (Å²) in [6.07, 6.45) is 3.09. The van der Waals surface area contributed by atoms with Crippen LogP contribution in [0.5, 0.6) is 5.75 Å². The van der Waals surface area contributed by atoms with Gasteiger partial charge in [0, 0.05) is 26.7 Å². The van der Waals surface area contributed by atoms with Crippen LogP contribution in [0.25, 0.3) is 0 Å². The molecule has 1 aromatic heterocycles. The minimum absolute atomic E-state index is 0.0217. The zero-order valence-corrected chi connectivity index (χ0v) is 19.8. The largest absolute Gasteiger partial charge is 0.483 e. The summed E-state index contributed by atoms with van der Waals surface area (Å²) in [4.78, 5) is 26.2. The normalized spacial score (nSPS) is 16.1. The average molecular weight is 509 g/mol. The molecule has 0 aliphatic carbocycles. The van der Waals surface area contributed by atoms with Gasteiger partial charge in [-0.1, -0.05) is 30.3 Å². The first-order chi connectivity index (χ1) is 15.5. The number of methoxy groups -OCH3 is 1. The number of halogens is 1. The Balaban J connectivity index is 1.91. The van der Waals surface area contributed by atoms with Gasteiger partial charge in [-0.2, -0.15) is 0 Å². The first kappa shape index (κ1) is 24.4. The van der Waals surface area contributed by atoms with Crippen molar-refractivity contribution >= 4 is 21.7 Å². The number of pyridine rings is 1. The molecule has 1 aliphatic heterocycles. The Morgan fingerprint density at radius 1 is 1.25 bits per heavy atom. The lowest BCUT2D eigenvalue weighted by molar-refractivity contribution is -0.169. The Morgan fingerprint density at radius 3 is 2.72 bits per heavy atom. The van der Waals surface area contributed by atoms with Crippen molar-refractivity contribution in [3.05, 3.63) is 62.0 Å². The fraction of sp³-hybridized carbons (Fsp3) is 0.478. The first-order valence-electron chi connectivity index (χ1n) is 10.7. The fourth-order valence-electron chi connectivity index (χ4n) is 3.46. The zero-order chi connectivity index (χ0) is 22.9. The quantitative estimate of drug-likeness (QED) is 0.281. The molecular weight excluding hydrogens is 480 g/mol. The highest BCUT2D eigenvalue weighted by atomic mass is 79.9. The SMILES string of the molecule is COCCCC(=O)c1c(OCc2ccccc2)c(=O)c(Br)c(COC2CCCCO2)n1N. The third-order valence-corrected chi connectivity index (χ3v) is 6.01. The molecule has 174 valence electrons. The Hall–Kier alpha value is -2.20. The van der Waals surface area contributed by atoms with Crippen molar-refractivity contribution in [1.82, 2.24) is 4.68 Å². The number of aromatic nitrogens is 1. The van der Waals surface area contributed by atoms with E-state index in [9.17, 15) is 9.59 Å². The van der Waals surface area contributed by atoms with Crippen molar-refractivity contribution in [3.63, 3.8) is 0 Å². The number of rotatable bonds is 11. The maximum Gasteiger partial charge on any atom is 0.238 e. The van der Waals surface area contributed by atoms with Gasteiger partial charge >= 0.3 is 0 Å². The third-order valence-electron chi connectivity index (χ3n) is 5.19. The van der Waals surface area contributed by atoms with E-state index in [0.717, 1.165) is 24.8 Å². The monoisotopic (exact) mass is 508 g/mol. The van der Waals surface area contributed by atoms with Crippen LogP contribution in [0.3, 0.4) is 0 Å². The molecule has 0 saturated carbocycles. The van der Waals surface area contributed by atoms with E-state index in [1.54, 1.807) is 7.11 Å². The lowest BCUT2D eigenvalue weighted by atomic mass is 10.1. The Labute approximate surface area is 195 Å². The number of Topliss-reactive ketones (excluding diaryl/α,β-unsaturated/α-hetero) is 1. The van der Waals surface area contributed by atoms with E-state index in [4.69, 9.17) is 24.8 Å². The highest BCUT2D eigenvalue weighted by Gasteiger charge is 2.26. The molecule has 3 rings (SSSR count). The van der Waals surface area contributed by atoms with Gasteiger partial charge in [0.15, 0.2) is 23.5 Å². The van der Waals surface area contributed by atoms with E-state index in [-0.39, 0.29) is 47.6 Å². The van der Waals surface area contributed by atoms with Crippen LogP contribution < -0.4 is 16.0 Å². The maximum atomic E-state index is 13.2. The summed E-state index contributed by atoms with van der Waals surface area (Å²) in [5.74, 6) is 5.96. The molecule has 2 heterocycles. The molecule has 1 saturated heterocycles. The van der Waals surface area contributed by atoms with Crippen LogP contribution >= 0.6 is 15.9 Å². The summed E-state index contributed by atoms with van der Waals surface area (Å²) in [6, 6.07) is 9.40. The van der Waals surface area contributed by atoms with E-state index in [2.05, 4.69) is 15.9 Å². The van der Waals surface area contributed by atoms with Gasteiger partial charge in [-0.3, -0.25) is 14.3 Å². The van der Waals surface area contributed by atoms with E-state index < -0.39 is 5.43 Å². The predicted octanol–water partition coefficient (Wildman–Crippen LogP) is 3.56. The van der Waals surface area contributed by atoms with Gasteiger partial charge in [-0.05, 0) is 47.2 Å². The smallest absolute Gasteiger partial charge is 0.238 e. The molecule has 1 atom stereocenters. The molecule has 2 N–H and O–H groups in total. The van der Waals surface area contributed by atoms with E-state index >= 15 is 0 Å². The average Bonchev–Trinajstić information content (AvgIpc) is 2.81. The Morgan fingerprint density at radius 2 is 2.03 bits per heavy atom. The minimum Gasteiger partial charge on any atom is -0.483 e. The van der Waals surface area contributed by atoms with Crippen LogP contribution in [0.1, 0.15) is 53.8 Å². The number of nitrogen functional groups attached to an aromatic ring is 1. The number of benzene rings is 1. The number of nitrogens with zero attached hydrogens (tertiary/aromatic N) is 1. The molecule has 0 spiro atoms. The lowest BCUT2D eigenvalue weighted by Gasteiger charge is -2.24. The number of ketones is 1. The predicted molar refractivity (Wildman–Crippen MR) is 123 cm³/mol. The summed E-state index contributed by atoms with van der Waals surface area (Å²) in [5.41, 5.74) is 0.798. The Kier molecular flexibility index (Phi) is 9.28. The second-order valence-electron chi connectivity index (χ2n) is 7.54. The van der Waals surface area contributed by atoms with Crippen molar-refractivity contribution < 1.29 is 23.7 Å². The molecule has 32 heavy (non-hydrogen) atoms. The van der Waals surface area contributed by atoms with Crippen LogP contribution in [0.15, 0.2) is 39.6 Å². The first-order valence-corrected chi connectivity index (χ1v) is 11.5. The van der Waals surface area contributed by atoms with Crippen LogP contribution in [0, 0.1) is 0 Å². The number of nitrogens with two attached hydrogens (primary N) is 1. The molecule has 0 bridgehead atoms.